The highest BCUT2D eigenvalue weighted by molar-refractivity contribution is 6.30. The van der Waals surface area contributed by atoms with Gasteiger partial charge in [-0.25, -0.2) is 0 Å². The van der Waals surface area contributed by atoms with E-state index in [4.69, 9.17) is 16.3 Å². The number of hydrogen-bond acceptors (Lipinski definition) is 4. The zero-order chi connectivity index (χ0) is 20.4. The van der Waals surface area contributed by atoms with E-state index < -0.39 is 12.1 Å². The molecule has 0 spiro atoms. The Morgan fingerprint density at radius 3 is 2.31 bits per heavy atom. The van der Waals surface area contributed by atoms with Crippen molar-refractivity contribution in [1.82, 2.24) is 9.80 Å². The third kappa shape index (κ3) is 4.09. The first-order valence-corrected chi connectivity index (χ1v) is 10.1. The number of likely N-dealkylation sites (N-methyl/N-ethyl adjacent to an activating group) is 1. The predicted octanol–water partition coefficient (Wildman–Crippen LogP) is 2.59. The fourth-order valence-electron chi connectivity index (χ4n) is 3.98. The molecule has 0 radical (unpaired) electrons. The SMILES string of the molecule is CN1C(=O)COC(C(=O)N2CCN(c3ccc(Cl)cc3)CC2)C1c1ccccc1. The van der Waals surface area contributed by atoms with E-state index in [-0.39, 0.29) is 18.4 Å². The van der Waals surface area contributed by atoms with E-state index in [1.807, 2.05) is 59.5 Å². The molecule has 4 rings (SSSR count). The number of amides is 2. The zero-order valence-corrected chi connectivity index (χ0v) is 17.1. The van der Waals surface area contributed by atoms with Gasteiger partial charge in [0.2, 0.25) is 5.91 Å². The van der Waals surface area contributed by atoms with Gasteiger partial charge in [0.1, 0.15) is 6.61 Å². The number of nitrogens with zero attached hydrogens (tertiary/aromatic N) is 3. The standard InChI is InChI=1S/C22H24ClN3O3/c1-24-19(27)15-29-21(20(24)16-5-3-2-4-6-16)22(28)26-13-11-25(12-14-26)18-9-7-17(23)8-10-18/h2-10,20-21H,11-15H2,1H3. The van der Waals surface area contributed by atoms with Crippen LogP contribution < -0.4 is 4.90 Å². The third-order valence-corrected chi connectivity index (χ3v) is 5.90. The topological polar surface area (TPSA) is 53.1 Å². The summed E-state index contributed by atoms with van der Waals surface area (Å²) in [6, 6.07) is 16.9. The normalized spacial score (nSPS) is 22.7. The van der Waals surface area contributed by atoms with E-state index in [2.05, 4.69) is 4.90 Å². The molecule has 2 fully saturated rings. The van der Waals surface area contributed by atoms with Crippen LogP contribution in [0.1, 0.15) is 11.6 Å². The molecule has 0 aromatic heterocycles. The van der Waals surface area contributed by atoms with Gasteiger partial charge in [0.15, 0.2) is 6.10 Å². The van der Waals surface area contributed by atoms with Crippen molar-refractivity contribution in [1.29, 1.82) is 0 Å². The number of morpholine rings is 1. The average Bonchev–Trinajstić information content (AvgIpc) is 2.76. The first-order chi connectivity index (χ1) is 14.0. The molecule has 2 amide bonds. The molecule has 0 N–H and O–H groups in total. The number of benzene rings is 2. The molecule has 0 saturated carbocycles. The maximum absolute atomic E-state index is 13.3. The Hall–Kier alpha value is -2.57. The van der Waals surface area contributed by atoms with Gasteiger partial charge in [-0.3, -0.25) is 9.59 Å². The molecule has 2 heterocycles. The maximum atomic E-state index is 13.3. The Kier molecular flexibility index (Phi) is 5.74. The summed E-state index contributed by atoms with van der Waals surface area (Å²) >= 11 is 5.97. The number of hydrogen-bond donors (Lipinski definition) is 0. The van der Waals surface area contributed by atoms with Gasteiger partial charge in [-0.1, -0.05) is 41.9 Å². The Balaban J connectivity index is 1.47. The summed E-state index contributed by atoms with van der Waals surface area (Å²) in [6.45, 7) is 2.64. The largest absolute Gasteiger partial charge is 0.368 e. The van der Waals surface area contributed by atoms with Crippen LogP contribution in [0, 0.1) is 0 Å². The molecule has 7 heteroatoms. The molecule has 2 atom stereocenters. The molecule has 2 unspecified atom stereocenters. The lowest BCUT2D eigenvalue weighted by Crippen LogP contribution is -2.57. The van der Waals surface area contributed by atoms with Crippen molar-refractivity contribution < 1.29 is 14.3 Å². The predicted molar refractivity (Wildman–Crippen MR) is 112 cm³/mol. The summed E-state index contributed by atoms with van der Waals surface area (Å²) in [7, 11) is 1.74. The summed E-state index contributed by atoms with van der Waals surface area (Å²) < 4.78 is 5.76. The van der Waals surface area contributed by atoms with Crippen molar-refractivity contribution in [3.8, 4) is 0 Å². The van der Waals surface area contributed by atoms with E-state index >= 15 is 0 Å². The average molecular weight is 414 g/mol. The van der Waals surface area contributed by atoms with Crippen LogP contribution in [-0.4, -0.2) is 67.6 Å². The van der Waals surface area contributed by atoms with E-state index in [1.54, 1.807) is 11.9 Å². The van der Waals surface area contributed by atoms with Gasteiger partial charge in [0.05, 0.1) is 6.04 Å². The van der Waals surface area contributed by atoms with Gasteiger partial charge in [-0.05, 0) is 29.8 Å². The second kappa shape index (κ2) is 8.43. The molecular formula is C22H24ClN3O3. The summed E-state index contributed by atoms with van der Waals surface area (Å²) in [5, 5.41) is 0.711. The van der Waals surface area contributed by atoms with Crippen molar-refractivity contribution >= 4 is 29.1 Å². The Morgan fingerprint density at radius 2 is 1.66 bits per heavy atom. The summed E-state index contributed by atoms with van der Waals surface area (Å²) in [6.07, 6.45) is -0.692. The number of carbonyl (C=O) groups is 2. The molecule has 152 valence electrons. The first-order valence-electron chi connectivity index (χ1n) is 9.76. The molecule has 0 aliphatic carbocycles. The fourth-order valence-corrected chi connectivity index (χ4v) is 4.11. The van der Waals surface area contributed by atoms with Gasteiger partial charge in [0, 0.05) is 43.9 Å². The van der Waals surface area contributed by atoms with Crippen LogP contribution in [-0.2, 0) is 14.3 Å². The molecule has 0 bridgehead atoms. The number of carbonyl (C=O) groups excluding carboxylic acids is 2. The number of rotatable bonds is 3. The molecular weight excluding hydrogens is 390 g/mol. The van der Waals surface area contributed by atoms with Gasteiger partial charge >= 0.3 is 0 Å². The quantitative estimate of drug-likeness (QED) is 0.776. The van der Waals surface area contributed by atoms with Crippen LogP contribution in [0.3, 0.4) is 0 Å². The van der Waals surface area contributed by atoms with Crippen LogP contribution in [0.15, 0.2) is 54.6 Å². The second-order valence-corrected chi connectivity index (χ2v) is 7.82. The van der Waals surface area contributed by atoms with Crippen molar-refractivity contribution in [3.05, 3.63) is 65.2 Å². The molecule has 6 nitrogen and oxygen atoms in total. The van der Waals surface area contributed by atoms with Crippen LogP contribution in [0.5, 0.6) is 0 Å². The fraction of sp³-hybridized carbons (Fsp3) is 0.364. The molecule has 2 saturated heterocycles. The molecule has 2 aromatic carbocycles. The summed E-state index contributed by atoms with van der Waals surface area (Å²) in [5.41, 5.74) is 2.00. The van der Waals surface area contributed by atoms with Crippen LogP contribution in [0.25, 0.3) is 0 Å². The molecule has 2 aromatic rings. The smallest absolute Gasteiger partial charge is 0.254 e. The van der Waals surface area contributed by atoms with Crippen molar-refractivity contribution in [2.75, 3.05) is 44.7 Å². The monoisotopic (exact) mass is 413 g/mol. The Labute approximate surface area is 175 Å². The molecule has 2 aliphatic heterocycles. The molecule has 2 aliphatic rings. The van der Waals surface area contributed by atoms with Crippen LogP contribution in [0.2, 0.25) is 5.02 Å². The minimum absolute atomic E-state index is 0.0611. The van der Waals surface area contributed by atoms with Gasteiger partial charge in [-0.15, -0.1) is 0 Å². The highest BCUT2D eigenvalue weighted by atomic mass is 35.5. The first kappa shape index (κ1) is 19.7. The Bertz CT molecular complexity index is 867. The number of anilines is 1. The summed E-state index contributed by atoms with van der Waals surface area (Å²) in [5.74, 6) is -0.176. The highest BCUT2D eigenvalue weighted by Gasteiger charge is 2.42. The Morgan fingerprint density at radius 1 is 1.00 bits per heavy atom. The van der Waals surface area contributed by atoms with Crippen molar-refractivity contribution in [2.45, 2.75) is 12.1 Å². The third-order valence-electron chi connectivity index (χ3n) is 5.65. The lowest BCUT2D eigenvalue weighted by molar-refractivity contribution is -0.167. The van der Waals surface area contributed by atoms with Gasteiger partial charge in [-0.2, -0.15) is 0 Å². The van der Waals surface area contributed by atoms with E-state index in [0.29, 0.717) is 18.1 Å². The highest BCUT2D eigenvalue weighted by Crippen LogP contribution is 2.30. The van der Waals surface area contributed by atoms with E-state index in [0.717, 1.165) is 24.3 Å². The summed E-state index contributed by atoms with van der Waals surface area (Å²) in [4.78, 5) is 31.2. The molecule has 29 heavy (non-hydrogen) atoms. The second-order valence-electron chi connectivity index (χ2n) is 7.38. The lowest BCUT2D eigenvalue weighted by Gasteiger charge is -2.42. The van der Waals surface area contributed by atoms with Crippen molar-refractivity contribution in [2.24, 2.45) is 0 Å². The van der Waals surface area contributed by atoms with Gasteiger partial charge in [0.25, 0.3) is 5.91 Å². The van der Waals surface area contributed by atoms with Crippen LogP contribution >= 0.6 is 11.6 Å². The minimum Gasteiger partial charge on any atom is -0.368 e. The minimum atomic E-state index is -0.692. The zero-order valence-electron chi connectivity index (χ0n) is 16.3. The number of piperazine rings is 1. The lowest BCUT2D eigenvalue weighted by atomic mass is 9.97. The van der Waals surface area contributed by atoms with E-state index in [9.17, 15) is 9.59 Å². The van der Waals surface area contributed by atoms with E-state index in [1.165, 1.54) is 0 Å². The number of halogens is 1. The maximum Gasteiger partial charge on any atom is 0.254 e. The number of ether oxygens (including phenoxy) is 1. The van der Waals surface area contributed by atoms with Gasteiger partial charge < -0.3 is 19.4 Å². The van der Waals surface area contributed by atoms with Crippen molar-refractivity contribution in [3.63, 3.8) is 0 Å². The van der Waals surface area contributed by atoms with Crippen LogP contribution in [0.4, 0.5) is 5.69 Å².